The Balaban J connectivity index is 1.81. The van der Waals surface area contributed by atoms with Gasteiger partial charge in [0.2, 0.25) is 0 Å². The number of nitrogens with one attached hydrogen (secondary N) is 1. The van der Waals surface area contributed by atoms with Gasteiger partial charge < -0.3 is 10.1 Å². The van der Waals surface area contributed by atoms with Gasteiger partial charge in [0, 0.05) is 29.0 Å². The van der Waals surface area contributed by atoms with Crippen LogP contribution < -0.4 is 5.32 Å². The van der Waals surface area contributed by atoms with Crippen molar-refractivity contribution in [3.05, 3.63) is 90.5 Å². The molecule has 4 rings (SSSR count). The Labute approximate surface area is 180 Å². The Morgan fingerprint density at radius 3 is 2.45 bits per heavy atom. The molecule has 0 atom stereocenters. The van der Waals surface area contributed by atoms with E-state index in [9.17, 15) is 9.18 Å². The van der Waals surface area contributed by atoms with Gasteiger partial charge in [0.15, 0.2) is 0 Å². The van der Waals surface area contributed by atoms with E-state index >= 15 is 0 Å². The number of rotatable bonds is 4. The highest BCUT2D eigenvalue weighted by molar-refractivity contribution is 6.00. The number of halogens is 1. The van der Waals surface area contributed by atoms with E-state index in [1.807, 2.05) is 69.6 Å². The molecule has 3 aromatic carbocycles. The number of nitrogens with zero attached hydrogens (tertiary/aromatic N) is 1. The Hall–Kier alpha value is -3.73. The number of aromatic nitrogens is 1. The Kier molecular flexibility index (Phi) is 5.42. The van der Waals surface area contributed by atoms with Crippen LogP contribution in [0.3, 0.4) is 0 Å². The lowest BCUT2D eigenvalue weighted by molar-refractivity contribution is 0.00707. The van der Waals surface area contributed by atoms with Gasteiger partial charge in [-0.15, -0.1) is 0 Å². The summed E-state index contributed by atoms with van der Waals surface area (Å²) in [4.78, 5) is 17.2. The molecule has 0 spiro atoms. The average Bonchev–Trinajstić information content (AvgIpc) is 2.73. The molecule has 0 saturated carbocycles. The standard InChI is InChI=1S/C26H23FN2O2/c1-26(2,3)31-25(30)22-13-8-17(14-24(22)29-20-11-9-19(27)10-12-20)23-16-28-15-18-6-4-5-7-21(18)23/h4-16,29H,1-3H3. The summed E-state index contributed by atoms with van der Waals surface area (Å²) in [5, 5.41) is 5.33. The molecule has 0 amide bonds. The minimum absolute atomic E-state index is 0.325. The molecular weight excluding hydrogens is 391 g/mol. The molecule has 31 heavy (non-hydrogen) atoms. The molecule has 0 aliphatic carbocycles. The van der Waals surface area contributed by atoms with Gasteiger partial charge in [0.25, 0.3) is 0 Å². The van der Waals surface area contributed by atoms with Crippen LogP contribution in [0, 0.1) is 5.82 Å². The number of hydrogen-bond donors (Lipinski definition) is 1. The maximum atomic E-state index is 13.3. The fourth-order valence-electron chi connectivity index (χ4n) is 3.36. The molecule has 4 nitrogen and oxygen atoms in total. The molecule has 0 unspecified atom stereocenters. The second-order valence-electron chi connectivity index (χ2n) is 8.30. The van der Waals surface area contributed by atoms with Gasteiger partial charge in [0.05, 0.1) is 11.3 Å². The minimum Gasteiger partial charge on any atom is -0.456 e. The van der Waals surface area contributed by atoms with Crippen molar-refractivity contribution in [1.29, 1.82) is 0 Å². The number of esters is 1. The van der Waals surface area contributed by atoms with Crippen molar-refractivity contribution in [1.82, 2.24) is 4.98 Å². The fraction of sp³-hybridized carbons (Fsp3) is 0.154. The summed E-state index contributed by atoms with van der Waals surface area (Å²) in [6.07, 6.45) is 3.64. The molecule has 156 valence electrons. The van der Waals surface area contributed by atoms with E-state index in [4.69, 9.17) is 4.74 Å². The Morgan fingerprint density at radius 1 is 0.968 bits per heavy atom. The van der Waals surface area contributed by atoms with E-state index < -0.39 is 11.6 Å². The molecular formula is C26H23FN2O2. The van der Waals surface area contributed by atoms with Crippen molar-refractivity contribution < 1.29 is 13.9 Å². The van der Waals surface area contributed by atoms with Gasteiger partial charge in [-0.1, -0.05) is 30.3 Å². The van der Waals surface area contributed by atoms with E-state index in [0.29, 0.717) is 16.9 Å². The van der Waals surface area contributed by atoms with Gasteiger partial charge in [-0.2, -0.15) is 0 Å². The summed E-state index contributed by atoms with van der Waals surface area (Å²) in [7, 11) is 0. The lowest BCUT2D eigenvalue weighted by atomic mass is 9.98. The van der Waals surface area contributed by atoms with E-state index in [0.717, 1.165) is 21.9 Å². The first-order valence-electron chi connectivity index (χ1n) is 10.0. The monoisotopic (exact) mass is 414 g/mol. The molecule has 1 N–H and O–H groups in total. The van der Waals surface area contributed by atoms with Crippen LogP contribution in [-0.4, -0.2) is 16.6 Å². The van der Waals surface area contributed by atoms with Crippen molar-refractivity contribution in [2.45, 2.75) is 26.4 Å². The number of benzene rings is 3. The number of pyridine rings is 1. The van der Waals surface area contributed by atoms with Gasteiger partial charge in [-0.05, 0) is 68.1 Å². The molecule has 4 aromatic rings. The van der Waals surface area contributed by atoms with Crippen LogP contribution in [0.15, 0.2) is 79.1 Å². The number of anilines is 2. The quantitative estimate of drug-likeness (QED) is 0.376. The highest BCUT2D eigenvalue weighted by Gasteiger charge is 2.21. The summed E-state index contributed by atoms with van der Waals surface area (Å²) >= 11 is 0. The van der Waals surface area contributed by atoms with Crippen LogP contribution in [0.5, 0.6) is 0 Å². The molecule has 0 aliphatic heterocycles. The number of fused-ring (bicyclic) bond motifs is 1. The first-order valence-corrected chi connectivity index (χ1v) is 10.0. The third kappa shape index (κ3) is 4.72. The van der Waals surface area contributed by atoms with E-state index in [1.165, 1.54) is 12.1 Å². The molecule has 5 heteroatoms. The predicted octanol–water partition coefficient (Wildman–Crippen LogP) is 6.74. The normalized spacial score (nSPS) is 11.4. The van der Waals surface area contributed by atoms with Crippen LogP contribution in [0.2, 0.25) is 0 Å². The first-order chi connectivity index (χ1) is 14.8. The molecule has 1 heterocycles. The zero-order valence-corrected chi connectivity index (χ0v) is 17.6. The first kappa shape index (κ1) is 20.5. The van der Waals surface area contributed by atoms with Crippen LogP contribution in [0.4, 0.5) is 15.8 Å². The van der Waals surface area contributed by atoms with Gasteiger partial charge in [-0.25, -0.2) is 9.18 Å². The maximum Gasteiger partial charge on any atom is 0.340 e. The van der Waals surface area contributed by atoms with Gasteiger partial charge in [0.1, 0.15) is 11.4 Å². The molecule has 0 saturated heterocycles. The number of hydrogen-bond acceptors (Lipinski definition) is 4. The minimum atomic E-state index is -0.623. The number of ether oxygens (including phenoxy) is 1. The summed E-state index contributed by atoms with van der Waals surface area (Å²) in [6, 6.07) is 19.5. The van der Waals surface area contributed by atoms with Crippen LogP contribution in [0.25, 0.3) is 21.9 Å². The third-order valence-electron chi connectivity index (χ3n) is 4.74. The van der Waals surface area contributed by atoms with Crippen molar-refractivity contribution in [3.63, 3.8) is 0 Å². The summed E-state index contributed by atoms with van der Waals surface area (Å²) in [5.74, 6) is -0.756. The zero-order valence-electron chi connectivity index (χ0n) is 17.6. The number of carbonyl (C=O) groups excluding carboxylic acids is 1. The van der Waals surface area contributed by atoms with E-state index in [-0.39, 0.29) is 5.82 Å². The molecule has 0 aliphatic rings. The average molecular weight is 414 g/mol. The SMILES string of the molecule is CC(C)(C)OC(=O)c1ccc(-c2cncc3ccccc23)cc1Nc1ccc(F)cc1. The smallest absolute Gasteiger partial charge is 0.340 e. The van der Waals surface area contributed by atoms with Crippen molar-refractivity contribution in [2.75, 3.05) is 5.32 Å². The van der Waals surface area contributed by atoms with Crippen LogP contribution >= 0.6 is 0 Å². The lowest BCUT2D eigenvalue weighted by Gasteiger charge is -2.21. The third-order valence-corrected chi connectivity index (χ3v) is 4.74. The van der Waals surface area contributed by atoms with Gasteiger partial charge >= 0.3 is 5.97 Å². The zero-order chi connectivity index (χ0) is 22.0. The largest absolute Gasteiger partial charge is 0.456 e. The highest BCUT2D eigenvalue weighted by Crippen LogP contribution is 2.33. The maximum absolute atomic E-state index is 13.3. The summed E-state index contributed by atoms with van der Waals surface area (Å²) in [6.45, 7) is 5.48. The predicted molar refractivity (Wildman–Crippen MR) is 122 cm³/mol. The molecule has 0 fully saturated rings. The molecule has 0 radical (unpaired) electrons. The van der Waals surface area contributed by atoms with Crippen LogP contribution in [-0.2, 0) is 4.74 Å². The number of carbonyl (C=O) groups is 1. The molecule has 1 aromatic heterocycles. The topological polar surface area (TPSA) is 51.2 Å². The van der Waals surface area contributed by atoms with E-state index in [1.54, 1.807) is 18.2 Å². The summed E-state index contributed by atoms with van der Waals surface area (Å²) < 4.78 is 18.9. The lowest BCUT2D eigenvalue weighted by Crippen LogP contribution is -2.24. The Bertz CT molecular complexity index is 1240. The van der Waals surface area contributed by atoms with Crippen LogP contribution in [0.1, 0.15) is 31.1 Å². The van der Waals surface area contributed by atoms with Crippen molar-refractivity contribution >= 4 is 28.1 Å². The highest BCUT2D eigenvalue weighted by atomic mass is 19.1. The summed E-state index contributed by atoms with van der Waals surface area (Å²) in [5.41, 5.74) is 2.88. The second kappa shape index (κ2) is 8.19. The molecule has 0 bridgehead atoms. The van der Waals surface area contributed by atoms with Crippen molar-refractivity contribution in [3.8, 4) is 11.1 Å². The Morgan fingerprint density at radius 2 is 1.71 bits per heavy atom. The second-order valence-corrected chi connectivity index (χ2v) is 8.30. The fourth-order valence-corrected chi connectivity index (χ4v) is 3.36. The van der Waals surface area contributed by atoms with Gasteiger partial charge in [-0.3, -0.25) is 4.98 Å². The van der Waals surface area contributed by atoms with E-state index in [2.05, 4.69) is 10.3 Å². The van der Waals surface area contributed by atoms with Crippen molar-refractivity contribution in [2.24, 2.45) is 0 Å².